The van der Waals surface area contributed by atoms with E-state index in [4.69, 9.17) is 16.3 Å². The van der Waals surface area contributed by atoms with Gasteiger partial charge in [-0.05, 0) is 38.1 Å². The standard InChI is InChI=1S/C19H20ClN3O3/c1-13(2)26-17-10-6-3-7-14(17)12-21-23-19(25)11-18(24)22-16-9-5-4-8-15(16)20/h3-10,12-13H,11H2,1-2H3,(H,22,24)(H,23,25). The summed E-state index contributed by atoms with van der Waals surface area (Å²) in [6.45, 7) is 3.85. The lowest BCUT2D eigenvalue weighted by atomic mass is 10.2. The fourth-order valence-corrected chi connectivity index (χ4v) is 2.25. The van der Waals surface area contributed by atoms with E-state index in [-0.39, 0.29) is 12.5 Å². The van der Waals surface area contributed by atoms with Crippen molar-refractivity contribution in [2.24, 2.45) is 5.10 Å². The first-order valence-electron chi connectivity index (χ1n) is 8.07. The summed E-state index contributed by atoms with van der Waals surface area (Å²) in [7, 11) is 0. The lowest BCUT2D eigenvalue weighted by Gasteiger charge is -2.11. The molecule has 0 spiro atoms. The number of halogens is 1. The fraction of sp³-hybridized carbons (Fsp3) is 0.211. The second-order valence-electron chi connectivity index (χ2n) is 5.70. The number of hydrazone groups is 1. The highest BCUT2D eigenvalue weighted by Gasteiger charge is 2.10. The predicted octanol–water partition coefficient (Wildman–Crippen LogP) is 3.61. The van der Waals surface area contributed by atoms with Crippen LogP contribution in [0.15, 0.2) is 53.6 Å². The molecule has 0 aliphatic carbocycles. The summed E-state index contributed by atoms with van der Waals surface area (Å²) in [5.41, 5.74) is 3.50. The number of nitrogens with zero attached hydrogens (tertiary/aromatic N) is 1. The molecule has 0 bridgehead atoms. The number of ether oxygens (including phenoxy) is 1. The van der Waals surface area contributed by atoms with Crippen molar-refractivity contribution in [3.8, 4) is 5.75 Å². The lowest BCUT2D eigenvalue weighted by Crippen LogP contribution is -2.24. The molecule has 0 atom stereocenters. The van der Waals surface area contributed by atoms with Gasteiger partial charge in [-0.1, -0.05) is 35.9 Å². The highest BCUT2D eigenvalue weighted by molar-refractivity contribution is 6.33. The number of carbonyl (C=O) groups is 2. The molecule has 7 heteroatoms. The minimum atomic E-state index is -0.534. The highest BCUT2D eigenvalue weighted by atomic mass is 35.5. The third kappa shape index (κ3) is 6.22. The summed E-state index contributed by atoms with van der Waals surface area (Å²) in [6, 6.07) is 14.1. The summed E-state index contributed by atoms with van der Waals surface area (Å²) in [5.74, 6) is -0.348. The van der Waals surface area contributed by atoms with E-state index in [1.54, 1.807) is 24.3 Å². The number of amides is 2. The molecule has 0 radical (unpaired) electrons. The van der Waals surface area contributed by atoms with Crippen LogP contribution >= 0.6 is 11.6 Å². The van der Waals surface area contributed by atoms with Crippen molar-refractivity contribution in [3.63, 3.8) is 0 Å². The van der Waals surface area contributed by atoms with Crippen molar-refractivity contribution in [2.45, 2.75) is 26.4 Å². The fourth-order valence-electron chi connectivity index (χ4n) is 2.06. The van der Waals surface area contributed by atoms with Crippen LogP contribution in [-0.2, 0) is 9.59 Å². The van der Waals surface area contributed by atoms with Crippen LogP contribution in [0.25, 0.3) is 0 Å². The first-order chi connectivity index (χ1) is 12.5. The number of hydrogen-bond acceptors (Lipinski definition) is 4. The van der Waals surface area contributed by atoms with Gasteiger partial charge in [0.1, 0.15) is 12.2 Å². The minimum Gasteiger partial charge on any atom is -0.490 e. The van der Waals surface area contributed by atoms with Crippen LogP contribution in [0.3, 0.4) is 0 Å². The summed E-state index contributed by atoms with van der Waals surface area (Å²) in [6.07, 6.45) is 1.13. The van der Waals surface area contributed by atoms with Crippen molar-refractivity contribution < 1.29 is 14.3 Å². The number of para-hydroxylation sites is 2. The molecule has 0 aromatic heterocycles. The van der Waals surface area contributed by atoms with Gasteiger partial charge in [0.2, 0.25) is 11.8 Å². The molecule has 0 saturated carbocycles. The molecular formula is C19H20ClN3O3. The summed E-state index contributed by atoms with van der Waals surface area (Å²) >= 11 is 5.96. The Hall–Kier alpha value is -2.86. The molecule has 2 N–H and O–H groups in total. The zero-order valence-electron chi connectivity index (χ0n) is 14.5. The molecule has 0 unspecified atom stereocenters. The maximum absolute atomic E-state index is 11.9. The average Bonchev–Trinajstić information content (AvgIpc) is 2.58. The van der Waals surface area contributed by atoms with Gasteiger partial charge >= 0.3 is 0 Å². The predicted molar refractivity (Wildman–Crippen MR) is 103 cm³/mol. The second-order valence-corrected chi connectivity index (χ2v) is 6.11. The van der Waals surface area contributed by atoms with E-state index in [2.05, 4.69) is 15.8 Å². The molecule has 0 heterocycles. The van der Waals surface area contributed by atoms with E-state index < -0.39 is 11.8 Å². The van der Waals surface area contributed by atoms with Crippen LogP contribution < -0.4 is 15.5 Å². The van der Waals surface area contributed by atoms with E-state index in [9.17, 15) is 9.59 Å². The van der Waals surface area contributed by atoms with Crippen molar-refractivity contribution in [2.75, 3.05) is 5.32 Å². The monoisotopic (exact) mass is 373 g/mol. The third-order valence-corrected chi connectivity index (χ3v) is 3.47. The van der Waals surface area contributed by atoms with Crippen LogP contribution in [0, 0.1) is 0 Å². The van der Waals surface area contributed by atoms with Gasteiger partial charge in [-0.2, -0.15) is 5.10 Å². The van der Waals surface area contributed by atoms with Crippen LogP contribution in [0.4, 0.5) is 5.69 Å². The Bertz CT molecular complexity index is 806. The van der Waals surface area contributed by atoms with Crippen LogP contribution in [0.5, 0.6) is 5.75 Å². The SMILES string of the molecule is CC(C)Oc1ccccc1C=NNC(=O)CC(=O)Nc1ccccc1Cl. The first-order valence-corrected chi connectivity index (χ1v) is 8.45. The summed E-state index contributed by atoms with van der Waals surface area (Å²) in [4.78, 5) is 23.7. The van der Waals surface area contributed by atoms with Gasteiger partial charge in [-0.15, -0.1) is 0 Å². The molecule has 136 valence electrons. The Balaban J connectivity index is 1.88. The smallest absolute Gasteiger partial charge is 0.249 e. The summed E-state index contributed by atoms with van der Waals surface area (Å²) < 4.78 is 5.66. The van der Waals surface area contributed by atoms with E-state index >= 15 is 0 Å². The van der Waals surface area contributed by atoms with Gasteiger partial charge in [0.25, 0.3) is 0 Å². The topological polar surface area (TPSA) is 79.8 Å². The molecule has 0 fully saturated rings. The molecule has 2 aromatic carbocycles. The van der Waals surface area contributed by atoms with E-state index in [1.807, 2.05) is 38.1 Å². The minimum absolute atomic E-state index is 0.0210. The number of benzene rings is 2. The molecular weight excluding hydrogens is 354 g/mol. The Morgan fingerprint density at radius 2 is 1.81 bits per heavy atom. The molecule has 2 rings (SSSR count). The Labute approximate surface area is 157 Å². The van der Waals surface area contributed by atoms with Crippen LogP contribution in [0.1, 0.15) is 25.8 Å². The molecule has 6 nitrogen and oxygen atoms in total. The molecule has 0 aliphatic heterocycles. The largest absolute Gasteiger partial charge is 0.490 e. The number of rotatable bonds is 7. The average molecular weight is 374 g/mol. The molecule has 0 aliphatic rings. The van der Waals surface area contributed by atoms with Gasteiger partial charge in [-0.25, -0.2) is 5.43 Å². The highest BCUT2D eigenvalue weighted by Crippen LogP contribution is 2.20. The molecule has 2 aromatic rings. The van der Waals surface area contributed by atoms with Crippen molar-refractivity contribution >= 4 is 35.3 Å². The first kappa shape index (κ1) is 19.5. The molecule has 2 amide bonds. The molecule has 26 heavy (non-hydrogen) atoms. The van der Waals surface area contributed by atoms with Gasteiger partial charge in [0.05, 0.1) is 23.0 Å². The van der Waals surface area contributed by atoms with Crippen LogP contribution in [0.2, 0.25) is 5.02 Å². The molecule has 0 saturated heterocycles. The second kappa shape index (κ2) is 9.58. The maximum Gasteiger partial charge on any atom is 0.249 e. The number of hydrogen-bond donors (Lipinski definition) is 2. The van der Waals surface area contributed by atoms with Gasteiger partial charge in [-0.3, -0.25) is 9.59 Å². The number of nitrogens with one attached hydrogen (secondary N) is 2. The Morgan fingerprint density at radius 3 is 2.54 bits per heavy atom. The van der Waals surface area contributed by atoms with Gasteiger partial charge in [0.15, 0.2) is 0 Å². The lowest BCUT2D eigenvalue weighted by molar-refractivity contribution is -0.126. The Kier molecular flexibility index (Phi) is 7.17. The zero-order valence-corrected chi connectivity index (χ0v) is 15.3. The maximum atomic E-state index is 11.9. The van der Waals surface area contributed by atoms with Crippen molar-refractivity contribution in [3.05, 3.63) is 59.1 Å². The number of anilines is 1. The number of carbonyl (C=O) groups excluding carboxylic acids is 2. The third-order valence-electron chi connectivity index (χ3n) is 3.14. The van der Waals surface area contributed by atoms with Gasteiger partial charge < -0.3 is 10.1 Å². The quantitative estimate of drug-likeness (QED) is 0.442. The van der Waals surface area contributed by atoms with Gasteiger partial charge in [0, 0.05) is 5.56 Å². The van der Waals surface area contributed by atoms with E-state index in [1.165, 1.54) is 6.21 Å². The Morgan fingerprint density at radius 1 is 1.12 bits per heavy atom. The van der Waals surface area contributed by atoms with Crippen molar-refractivity contribution in [1.29, 1.82) is 0 Å². The van der Waals surface area contributed by atoms with Crippen molar-refractivity contribution in [1.82, 2.24) is 5.43 Å². The normalized spacial score (nSPS) is 10.8. The zero-order chi connectivity index (χ0) is 18.9. The van der Waals surface area contributed by atoms with E-state index in [0.29, 0.717) is 16.5 Å². The van der Waals surface area contributed by atoms with Crippen LogP contribution in [-0.4, -0.2) is 24.1 Å². The summed E-state index contributed by atoms with van der Waals surface area (Å²) in [5, 5.41) is 6.86. The van der Waals surface area contributed by atoms with E-state index in [0.717, 1.165) is 5.56 Å².